The Labute approximate surface area is 123 Å². The fourth-order valence-electron chi connectivity index (χ4n) is 4.98. The SMILES string of the molecule is CC1(C)CC(C)(C)CC(CN)(N2CCCSCC2)C1. The molecule has 0 radical (unpaired) electrons. The summed E-state index contributed by atoms with van der Waals surface area (Å²) in [4.78, 5) is 2.75. The minimum absolute atomic E-state index is 0.246. The van der Waals surface area contributed by atoms with Gasteiger partial charge in [-0.05, 0) is 48.8 Å². The molecule has 0 bridgehead atoms. The van der Waals surface area contributed by atoms with E-state index in [-0.39, 0.29) is 5.54 Å². The second kappa shape index (κ2) is 5.57. The van der Waals surface area contributed by atoms with Crippen molar-refractivity contribution in [1.82, 2.24) is 4.90 Å². The maximum atomic E-state index is 6.31. The van der Waals surface area contributed by atoms with E-state index in [2.05, 4.69) is 44.4 Å². The van der Waals surface area contributed by atoms with Crippen molar-refractivity contribution in [2.24, 2.45) is 16.6 Å². The monoisotopic (exact) mass is 284 g/mol. The molecule has 19 heavy (non-hydrogen) atoms. The van der Waals surface area contributed by atoms with Gasteiger partial charge in [-0.2, -0.15) is 11.8 Å². The van der Waals surface area contributed by atoms with E-state index in [1.54, 1.807) is 0 Å². The summed E-state index contributed by atoms with van der Waals surface area (Å²) in [5.74, 6) is 2.60. The first-order valence-corrected chi connectivity index (χ1v) is 8.97. The minimum Gasteiger partial charge on any atom is -0.329 e. The van der Waals surface area contributed by atoms with Crippen molar-refractivity contribution in [3.8, 4) is 0 Å². The predicted molar refractivity (Wildman–Crippen MR) is 86.7 cm³/mol. The lowest BCUT2D eigenvalue weighted by molar-refractivity contribution is -0.0404. The van der Waals surface area contributed by atoms with Crippen molar-refractivity contribution in [3.05, 3.63) is 0 Å². The summed E-state index contributed by atoms with van der Waals surface area (Å²) >= 11 is 2.11. The summed E-state index contributed by atoms with van der Waals surface area (Å²) in [6.07, 6.45) is 5.19. The Bertz CT molecular complexity index is 288. The summed E-state index contributed by atoms with van der Waals surface area (Å²) in [6, 6.07) is 0. The number of hydrogen-bond donors (Lipinski definition) is 1. The van der Waals surface area contributed by atoms with E-state index in [1.165, 1.54) is 50.3 Å². The maximum Gasteiger partial charge on any atom is 0.0342 e. The normalized spacial score (nSPS) is 30.8. The molecule has 0 unspecified atom stereocenters. The Balaban J connectivity index is 2.24. The number of nitrogens with zero attached hydrogens (tertiary/aromatic N) is 1. The highest BCUT2D eigenvalue weighted by Crippen LogP contribution is 2.52. The van der Waals surface area contributed by atoms with Crippen LogP contribution >= 0.6 is 11.8 Å². The summed E-state index contributed by atoms with van der Waals surface area (Å²) < 4.78 is 0. The third-order valence-electron chi connectivity index (χ3n) is 4.85. The van der Waals surface area contributed by atoms with Gasteiger partial charge >= 0.3 is 0 Å². The molecule has 0 aromatic carbocycles. The highest BCUT2D eigenvalue weighted by atomic mass is 32.2. The fraction of sp³-hybridized carbons (Fsp3) is 1.00. The van der Waals surface area contributed by atoms with Crippen LogP contribution in [0.3, 0.4) is 0 Å². The molecule has 2 N–H and O–H groups in total. The summed E-state index contributed by atoms with van der Waals surface area (Å²) in [5.41, 5.74) is 7.39. The van der Waals surface area contributed by atoms with Gasteiger partial charge < -0.3 is 5.73 Å². The van der Waals surface area contributed by atoms with E-state index < -0.39 is 0 Å². The summed E-state index contributed by atoms with van der Waals surface area (Å²) in [5, 5.41) is 0. The van der Waals surface area contributed by atoms with Crippen LogP contribution in [-0.2, 0) is 0 Å². The number of thioether (sulfide) groups is 1. The van der Waals surface area contributed by atoms with Gasteiger partial charge in [0.25, 0.3) is 0 Å². The first-order chi connectivity index (χ1) is 8.79. The van der Waals surface area contributed by atoms with E-state index >= 15 is 0 Å². The van der Waals surface area contributed by atoms with Gasteiger partial charge in [0, 0.05) is 24.4 Å². The molecule has 2 aliphatic rings. The van der Waals surface area contributed by atoms with Gasteiger partial charge in [0.1, 0.15) is 0 Å². The quantitative estimate of drug-likeness (QED) is 0.843. The zero-order valence-electron chi connectivity index (χ0n) is 13.3. The second-order valence-corrected chi connectivity index (χ2v) is 9.46. The molecule has 112 valence electrons. The topological polar surface area (TPSA) is 29.3 Å². The number of hydrogen-bond acceptors (Lipinski definition) is 3. The average Bonchev–Trinajstić information content (AvgIpc) is 2.53. The molecule has 3 heteroatoms. The number of nitrogens with two attached hydrogens (primary N) is 1. The van der Waals surface area contributed by atoms with Crippen molar-refractivity contribution >= 4 is 11.8 Å². The lowest BCUT2D eigenvalue weighted by Crippen LogP contribution is -2.61. The second-order valence-electron chi connectivity index (χ2n) is 8.24. The van der Waals surface area contributed by atoms with Crippen LogP contribution in [0.2, 0.25) is 0 Å². The van der Waals surface area contributed by atoms with Crippen LogP contribution in [-0.4, -0.2) is 41.6 Å². The van der Waals surface area contributed by atoms with Crippen LogP contribution in [0.15, 0.2) is 0 Å². The molecule has 1 aliphatic heterocycles. The van der Waals surface area contributed by atoms with E-state index in [4.69, 9.17) is 5.73 Å². The Morgan fingerprint density at radius 1 is 0.947 bits per heavy atom. The zero-order chi connectivity index (χ0) is 14.1. The molecule has 0 atom stereocenters. The molecule has 0 aromatic heterocycles. The van der Waals surface area contributed by atoms with Crippen molar-refractivity contribution in [2.45, 2.75) is 58.9 Å². The predicted octanol–water partition coefficient (Wildman–Crippen LogP) is 3.36. The van der Waals surface area contributed by atoms with Gasteiger partial charge in [-0.1, -0.05) is 27.7 Å². The Hall–Kier alpha value is 0.270. The van der Waals surface area contributed by atoms with Crippen LogP contribution in [0.5, 0.6) is 0 Å². The first kappa shape index (κ1) is 15.7. The van der Waals surface area contributed by atoms with Crippen LogP contribution in [0.25, 0.3) is 0 Å². The third-order valence-corrected chi connectivity index (χ3v) is 5.89. The minimum atomic E-state index is 0.246. The molecular weight excluding hydrogens is 252 g/mol. The van der Waals surface area contributed by atoms with Crippen LogP contribution < -0.4 is 5.73 Å². The molecule has 1 heterocycles. The van der Waals surface area contributed by atoms with Crippen LogP contribution in [0, 0.1) is 10.8 Å². The Kier molecular flexibility index (Phi) is 4.59. The molecule has 0 amide bonds. The van der Waals surface area contributed by atoms with Gasteiger partial charge in [0.2, 0.25) is 0 Å². The molecule has 1 aliphatic carbocycles. The van der Waals surface area contributed by atoms with Gasteiger partial charge in [-0.3, -0.25) is 4.90 Å². The van der Waals surface area contributed by atoms with Crippen LogP contribution in [0.1, 0.15) is 53.4 Å². The third kappa shape index (κ3) is 3.68. The van der Waals surface area contributed by atoms with Gasteiger partial charge in [-0.15, -0.1) is 0 Å². The lowest BCUT2D eigenvalue weighted by atomic mass is 9.58. The molecule has 1 saturated heterocycles. The van der Waals surface area contributed by atoms with Gasteiger partial charge in [-0.25, -0.2) is 0 Å². The fourth-order valence-corrected chi connectivity index (χ4v) is 5.87. The average molecular weight is 285 g/mol. The molecule has 1 saturated carbocycles. The van der Waals surface area contributed by atoms with E-state index in [1.807, 2.05) is 0 Å². The molecule has 2 nitrogen and oxygen atoms in total. The van der Waals surface area contributed by atoms with Gasteiger partial charge in [0.15, 0.2) is 0 Å². The van der Waals surface area contributed by atoms with Crippen molar-refractivity contribution in [2.75, 3.05) is 31.1 Å². The standard InChI is InChI=1S/C16H32N2S/c1-14(2)10-15(3,4)12-16(11-14,13-17)18-6-5-8-19-9-7-18/h5-13,17H2,1-4H3. The Morgan fingerprint density at radius 2 is 1.58 bits per heavy atom. The molecule has 0 aromatic rings. The first-order valence-electron chi connectivity index (χ1n) is 7.82. The molecule has 2 rings (SSSR count). The molecular formula is C16H32N2S. The van der Waals surface area contributed by atoms with E-state index in [0.29, 0.717) is 10.8 Å². The van der Waals surface area contributed by atoms with Gasteiger partial charge in [0.05, 0.1) is 0 Å². The van der Waals surface area contributed by atoms with E-state index in [9.17, 15) is 0 Å². The van der Waals surface area contributed by atoms with E-state index in [0.717, 1.165) is 6.54 Å². The number of rotatable bonds is 2. The van der Waals surface area contributed by atoms with Crippen molar-refractivity contribution in [1.29, 1.82) is 0 Å². The zero-order valence-corrected chi connectivity index (χ0v) is 14.1. The molecule has 0 spiro atoms. The van der Waals surface area contributed by atoms with Crippen molar-refractivity contribution in [3.63, 3.8) is 0 Å². The maximum absolute atomic E-state index is 6.31. The van der Waals surface area contributed by atoms with Crippen LogP contribution in [0.4, 0.5) is 0 Å². The largest absolute Gasteiger partial charge is 0.329 e. The molecule has 2 fully saturated rings. The lowest BCUT2D eigenvalue weighted by Gasteiger charge is -2.56. The summed E-state index contributed by atoms with van der Waals surface area (Å²) in [6.45, 7) is 13.0. The Morgan fingerprint density at radius 3 is 2.16 bits per heavy atom. The summed E-state index contributed by atoms with van der Waals surface area (Å²) in [7, 11) is 0. The smallest absolute Gasteiger partial charge is 0.0342 e. The van der Waals surface area contributed by atoms with Crippen molar-refractivity contribution < 1.29 is 0 Å². The highest BCUT2D eigenvalue weighted by molar-refractivity contribution is 7.99. The highest BCUT2D eigenvalue weighted by Gasteiger charge is 2.49.